The van der Waals surface area contributed by atoms with E-state index in [4.69, 9.17) is 10.5 Å². The summed E-state index contributed by atoms with van der Waals surface area (Å²) in [5, 5.41) is 0. The van der Waals surface area contributed by atoms with Crippen LogP contribution in [0.3, 0.4) is 0 Å². The maximum absolute atomic E-state index is 13.2. The average molecular weight is 294 g/mol. The summed E-state index contributed by atoms with van der Waals surface area (Å²) in [7, 11) is 1.96. The number of ether oxygens (including phenoxy) is 1. The highest BCUT2D eigenvalue weighted by Gasteiger charge is 2.71. The first-order valence-corrected chi connectivity index (χ1v) is 8.58. The molecule has 2 saturated carbocycles. The molecular formula is C17H30N2O2. The lowest BCUT2D eigenvalue weighted by atomic mass is 9.47. The zero-order chi connectivity index (χ0) is 15.3. The van der Waals surface area contributed by atoms with Crippen LogP contribution in [0, 0.1) is 11.3 Å². The standard InChI is InChI=1S/C17H30N2O2/c1-16(2)14-13(10-11-21-14)17(16,18)15(20)19(3)12-8-6-4-5-7-9-12/h12-14H,4-11,18H2,1-3H3. The molecule has 3 rings (SSSR count). The van der Waals surface area contributed by atoms with Crippen molar-refractivity contribution in [3.63, 3.8) is 0 Å². The lowest BCUT2D eigenvalue weighted by molar-refractivity contribution is -0.185. The summed E-state index contributed by atoms with van der Waals surface area (Å²) >= 11 is 0. The molecule has 0 aromatic rings. The third-order valence-corrected chi connectivity index (χ3v) is 6.50. The second kappa shape index (κ2) is 5.24. The van der Waals surface area contributed by atoms with Gasteiger partial charge in [-0.25, -0.2) is 0 Å². The van der Waals surface area contributed by atoms with Crippen molar-refractivity contribution in [3.8, 4) is 0 Å². The Bertz CT molecular complexity index is 415. The fourth-order valence-electron chi connectivity index (χ4n) is 4.92. The summed E-state index contributed by atoms with van der Waals surface area (Å²) in [5.74, 6) is 0.347. The number of nitrogens with zero attached hydrogens (tertiary/aromatic N) is 1. The van der Waals surface area contributed by atoms with Gasteiger partial charge in [0.2, 0.25) is 5.91 Å². The molecule has 1 heterocycles. The fraction of sp³-hybridized carbons (Fsp3) is 0.941. The van der Waals surface area contributed by atoms with E-state index in [9.17, 15) is 4.79 Å². The summed E-state index contributed by atoms with van der Waals surface area (Å²) in [6.45, 7) is 4.94. The molecule has 2 N–H and O–H groups in total. The highest BCUT2D eigenvalue weighted by Crippen LogP contribution is 2.58. The van der Waals surface area contributed by atoms with Crippen molar-refractivity contribution >= 4 is 5.91 Å². The quantitative estimate of drug-likeness (QED) is 0.795. The molecule has 3 atom stereocenters. The number of likely N-dealkylation sites (N-methyl/N-ethyl adjacent to an activating group) is 1. The molecule has 3 aliphatic rings. The molecule has 1 aliphatic heterocycles. The van der Waals surface area contributed by atoms with E-state index in [0.717, 1.165) is 25.9 Å². The number of hydrogen-bond donors (Lipinski definition) is 1. The fourth-order valence-corrected chi connectivity index (χ4v) is 4.92. The lowest BCUT2D eigenvalue weighted by Crippen LogP contribution is -2.80. The Morgan fingerprint density at radius 3 is 2.38 bits per heavy atom. The summed E-state index contributed by atoms with van der Waals surface area (Å²) in [6, 6.07) is 0.373. The van der Waals surface area contributed by atoms with Crippen molar-refractivity contribution in [1.82, 2.24) is 4.90 Å². The van der Waals surface area contributed by atoms with Crippen LogP contribution < -0.4 is 5.73 Å². The van der Waals surface area contributed by atoms with Crippen molar-refractivity contribution in [3.05, 3.63) is 0 Å². The normalized spacial score (nSPS) is 39.2. The van der Waals surface area contributed by atoms with Crippen LogP contribution in [0.15, 0.2) is 0 Å². The molecule has 0 aromatic carbocycles. The van der Waals surface area contributed by atoms with Crippen LogP contribution in [-0.4, -0.2) is 42.1 Å². The van der Waals surface area contributed by atoms with Gasteiger partial charge in [0.05, 0.1) is 6.10 Å². The minimum atomic E-state index is -0.741. The molecule has 0 bridgehead atoms. The van der Waals surface area contributed by atoms with Gasteiger partial charge in [0.25, 0.3) is 0 Å². The Morgan fingerprint density at radius 1 is 1.14 bits per heavy atom. The van der Waals surface area contributed by atoms with Crippen molar-refractivity contribution in [2.45, 2.75) is 76.5 Å². The third-order valence-electron chi connectivity index (χ3n) is 6.50. The average Bonchev–Trinajstić information content (AvgIpc) is 2.79. The molecule has 1 saturated heterocycles. The van der Waals surface area contributed by atoms with Gasteiger partial charge in [0.15, 0.2) is 0 Å². The number of nitrogens with two attached hydrogens (primary N) is 1. The van der Waals surface area contributed by atoms with Crippen LogP contribution in [0.1, 0.15) is 58.8 Å². The van der Waals surface area contributed by atoms with E-state index in [2.05, 4.69) is 13.8 Å². The maximum atomic E-state index is 13.2. The number of hydrogen-bond acceptors (Lipinski definition) is 3. The molecule has 0 aromatic heterocycles. The van der Waals surface area contributed by atoms with Gasteiger partial charge in [-0.05, 0) is 19.3 Å². The summed E-state index contributed by atoms with van der Waals surface area (Å²) in [6.07, 6.45) is 8.42. The first-order chi connectivity index (χ1) is 9.90. The van der Waals surface area contributed by atoms with Crippen LogP contribution in [0.5, 0.6) is 0 Å². The van der Waals surface area contributed by atoms with Crippen LogP contribution in [0.25, 0.3) is 0 Å². The van der Waals surface area contributed by atoms with Crippen LogP contribution in [0.2, 0.25) is 0 Å². The predicted octanol–water partition coefficient (Wildman–Crippen LogP) is 2.31. The minimum Gasteiger partial charge on any atom is -0.377 e. The predicted molar refractivity (Wildman–Crippen MR) is 82.8 cm³/mol. The highest BCUT2D eigenvalue weighted by atomic mass is 16.5. The zero-order valence-corrected chi connectivity index (χ0v) is 13.7. The molecule has 4 nitrogen and oxygen atoms in total. The topological polar surface area (TPSA) is 55.6 Å². The van der Waals surface area contributed by atoms with E-state index in [1.807, 2.05) is 11.9 Å². The van der Waals surface area contributed by atoms with E-state index in [-0.39, 0.29) is 23.3 Å². The Kier molecular flexibility index (Phi) is 3.81. The second-order valence-corrected chi connectivity index (χ2v) is 7.84. The van der Waals surface area contributed by atoms with Gasteiger partial charge in [-0.15, -0.1) is 0 Å². The van der Waals surface area contributed by atoms with Gasteiger partial charge >= 0.3 is 0 Å². The van der Waals surface area contributed by atoms with Gasteiger partial charge in [0.1, 0.15) is 5.54 Å². The minimum absolute atomic E-state index is 0.145. The molecular weight excluding hydrogens is 264 g/mol. The van der Waals surface area contributed by atoms with Gasteiger partial charge in [0, 0.05) is 31.0 Å². The van der Waals surface area contributed by atoms with Gasteiger partial charge in [-0.2, -0.15) is 0 Å². The number of fused-ring (bicyclic) bond motifs is 1. The molecule has 0 radical (unpaired) electrons. The molecule has 1 amide bonds. The first kappa shape index (κ1) is 15.3. The number of amides is 1. The molecule has 0 spiro atoms. The monoisotopic (exact) mass is 294 g/mol. The molecule has 4 heteroatoms. The number of carbonyl (C=O) groups is 1. The molecule has 21 heavy (non-hydrogen) atoms. The van der Waals surface area contributed by atoms with Crippen LogP contribution in [0.4, 0.5) is 0 Å². The van der Waals surface area contributed by atoms with Gasteiger partial charge < -0.3 is 15.4 Å². The second-order valence-electron chi connectivity index (χ2n) is 7.84. The number of rotatable bonds is 2. The molecule has 3 fully saturated rings. The lowest BCUT2D eigenvalue weighted by Gasteiger charge is -2.61. The Balaban J connectivity index is 1.77. The number of carbonyl (C=O) groups excluding carboxylic acids is 1. The highest BCUT2D eigenvalue weighted by molar-refractivity contribution is 5.89. The van der Waals surface area contributed by atoms with Gasteiger partial charge in [-0.3, -0.25) is 4.79 Å². The Hall–Kier alpha value is -0.610. The van der Waals surface area contributed by atoms with E-state index >= 15 is 0 Å². The third kappa shape index (κ3) is 2.06. The SMILES string of the molecule is CN(C(=O)C1(N)C2CCOC2C1(C)C)C1CCCCCC1. The van der Waals surface area contributed by atoms with E-state index in [0.29, 0.717) is 6.04 Å². The zero-order valence-electron chi connectivity index (χ0n) is 13.7. The summed E-state index contributed by atoms with van der Waals surface area (Å²) in [5.41, 5.74) is 5.68. The van der Waals surface area contributed by atoms with Crippen LogP contribution in [-0.2, 0) is 9.53 Å². The largest absolute Gasteiger partial charge is 0.377 e. The van der Waals surface area contributed by atoms with E-state index in [1.54, 1.807) is 0 Å². The van der Waals surface area contributed by atoms with E-state index < -0.39 is 5.54 Å². The Morgan fingerprint density at radius 2 is 1.76 bits per heavy atom. The smallest absolute Gasteiger partial charge is 0.243 e. The van der Waals surface area contributed by atoms with Crippen molar-refractivity contribution in [2.24, 2.45) is 17.1 Å². The van der Waals surface area contributed by atoms with Crippen molar-refractivity contribution < 1.29 is 9.53 Å². The van der Waals surface area contributed by atoms with E-state index in [1.165, 1.54) is 25.7 Å². The molecule has 120 valence electrons. The Labute approximate surface area is 128 Å². The first-order valence-electron chi connectivity index (χ1n) is 8.58. The summed E-state index contributed by atoms with van der Waals surface area (Å²) in [4.78, 5) is 15.1. The molecule has 3 unspecified atom stereocenters. The molecule has 2 aliphatic carbocycles. The maximum Gasteiger partial charge on any atom is 0.243 e. The van der Waals surface area contributed by atoms with Crippen LogP contribution >= 0.6 is 0 Å². The summed E-state index contributed by atoms with van der Waals surface area (Å²) < 4.78 is 5.81. The van der Waals surface area contributed by atoms with Crippen molar-refractivity contribution in [1.29, 1.82) is 0 Å². The van der Waals surface area contributed by atoms with Crippen molar-refractivity contribution in [2.75, 3.05) is 13.7 Å². The van der Waals surface area contributed by atoms with Gasteiger partial charge in [-0.1, -0.05) is 39.5 Å².